The Kier molecular flexibility index (Phi) is 4.60. The largest absolute Gasteiger partial charge is 0.328 e. The molecule has 1 aliphatic heterocycles. The summed E-state index contributed by atoms with van der Waals surface area (Å²) < 4.78 is 0. The quantitative estimate of drug-likeness (QED) is 0.891. The average molecular weight is 252 g/mol. The molecule has 3 unspecified atom stereocenters. The molecule has 2 heterocycles. The van der Waals surface area contributed by atoms with E-state index in [0.29, 0.717) is 18.0 Å². The van der Waals surface area contributed by atoms with Gasteiger partial charge in [-0.15, -0.1) is 11.3 Å². The topological polar surface area (TPSA) is 29.3 Å². The van der Waals surface area contributed by atoms with Crippen molar-refractivity contribution in [2.75, 3.05) is 13.1 Å². The van der Waals surface area contributed by atoms with E-state index >= 15 is 0 Å². The van der Waals surface area contributed by atoms with Crippen LogP contribution < -0.4 is 5.73 Å². The van der Waals surface area contributed by atoms with E-state index in [2.05, 4.69) is 36.3 Å². The highest BCUT2D eigenvalue weighted by molar-refractivity contribution is 7.10. The van der Waals surface area contributed by atoms with E-state index in [1.165, 1.54) is 37.2 Å². The Morgan fingerprint density at radius 2 is 2.41 bits per heavy atom. The molecule has 0 aliphatic carbocycles. The molecule has 3 atom stereocenters. The number of thiophene rings is 1. The van der Waals surface area contributed by atoms with Gasteiger partial charge in [0.25, 0.3) is 0 Å². The summed E-state index contributed by atoms with van der Waals surface area (Å²) in [5.41, 5.74) is 6.07. The molecule has 1 aromatic rings. The Balaban J connectivity index is 2.04. The van der Waals surface area contributed by atoms with Crippen molar-refractivity contribution in [3.63, 3.8) is 0 Å². The molecule has 1 aliphatic rings. The number of rotatable bonds is 4. The zero-order chi connectivity index (χ0) is 12.3. The van der Waals surface area contributed by atoms with Gasteiger partial charge in [-0.2, -0.15) is 0 Å². The molecule has 2 rings (SSSR count). The first-order valence-electron chi connectivity index (χ1n) is 6.75. The molecule has 1 fully saturated rings. The van der Waals surface area contributed by atoms with E-state index in [9.17, 15) is 0 Å². The highest BCUT2D eigenvalue weighted by atomic mass is 32.1. The first kappa shape index (κ1) is 13.1. The summed E-state index contributed by atoms with van der Waals surface area (Å²) in [5.74, 6) is 0.678. The zero-order valence-electron chi connectivity index (χ0n) is 10.9. The van der Waals surface area contributed by atoms with E-state index in [4.69, 9.17) is 5.73 Å². The lowest BCUT2D eigenvalue weighted by Gasteiger charge is -2.39. The van der Waals surface area contributed by atoms with Gasteiger partial charge in [0.05, 0.1) is 0 Å². The number of hydrogen-bond acceptors (Lipinski definition) is 3. The van der Waals surface area contributed by atoms with Crippen molar-refractivity contribution in [1.29, 1.82) is 0 Å². The van der Waals surface area contributed by atoms with Crippen LogP contribution in [-0.4, -0.2) is 24.0 Å². The lowest BCUT2D eigenvalue weighted by Crippen LogP contribution is -2.43. The minimum Gasteiger partial charge on any atom is -0.328 e. The standard InChI is InChI=1S/C14H24N2S/c1-3-13(14-7-5-9-17-14)16-8-4-6-12(10-16)11(2)15/h5,7,9,11-13H,3-4,6,8,10,15H2,1-2H3. The summed E-state index contributed by atoms with van der Waals surface area (Å²) in [7, 11) is 0. The second-order valence-corrected chi connectivity index (χ2v) is 6.18. The number of nitrogens with two attached hydrogens (primary N) is 1. The molecule has 2 nitrogen and oxygen atoms in total. The Hall–Kier alpha value is -0.380. The molecule has 0 saturated carbocycles. The van der Waals surface area contributed by atoms with Gasteiger partial charge in [-0.1, -0.05) is 13.0 Å². The van der Waals surface area contributed by atoms with Crippen molar-refractivity contribution < 1.29 is 0 Å². The van der Waals surface area contributed by atoms with Crippen LogP contribution in [0.3, 0.4) is 0 Å². The molecule has 17 heavy (non-hydrogen) atoms. The van der Waals surface area contributed by atoms with E-state index in [-0.39, 0.29) is 0 Å². The van der Waals surface area contributed by atoms with Crippen molar-refractivity contribution >= 4 is 11.3 Å². The second-order valence-electron chi connectivity index (χ2n) is 5.20. The maximum absolute atomic E-state index is 6.07. The van der Waals surface area contributed by atoms with Gasteiger partial charge in [0.2, 0.25) is 0 Å². The second kappa shape index (κ2) is 5.98. The van der Waals surface area contributed by atoms with E-state index in [1.807, 2.05) is 11.3 Å². The first-order valence-corrected chi connectivity index (χ1v) is 7.63. The van der Waals surface area contributed by atoms with Crippen LogP contribution in [0.5, 0.6) is 0 Å². The molecule has 1 aromatic heterocycles. The minimum atomic E-state index is 0.332. The molecule has 1 saturated heterocycles. The summed E-state index contributed by atoms with van der Waals surface area (Å²) in [6.45, 7) is 6.85. The van der Waals surface area contributed by atoms with Crippen LogP contribution >= 0.6 is 11.3 Å². The van der Waals surface area contributed by atoms with Crippen LogP contribution in [0.4, 0.5) is 0 Å². The van der Waals surface area contributed by atoms with Gasteiger partial charge < -0.3 is 5.73 Å². The molecule has 0 amide bonds. The predicted molar refractivity (Wildman–Crippen MR) is 75.3 cm³/mol. The van der Waals surface area contributed by atoms with Crippen LogP contribution in [0.25, 0.3) is 0 Å². The Labute approximate surface area is 109 Å². The molecule has 0 aromatic carbocycles. The fourth-order valence-corrected chi connectivity index (χ4v) is 3.82. The van der Waals surface area contributed by atoms with Gasteiger partial charge in [0.15, 0.2) is 0 Å². The fourth-order valence-electron chi connectivity index (χ4n) is 2.87. The number of nitrogens with zero attached hydrogens (tertiary/aromatic N) is 1. The summed E-state index contributed by atoms with van der Waals surface area (Å²) >= 11 is 1.89. The van der Waals surface area contributed by atoms with Crippen molar-refractivity contribution in [2.24, 2.45) is 11.7 Å². The van der Waals surface area contributed by atoms with Gasteiger partial charge in [0, 0.05) is 23.5 Å². The third kappa shape index (κ3) is 3.09. The number of hydrogen-bond donors (Lipinski definition) is 1. The zero-order valence-corrected chi connectivity index (χ0v) is 11.7. The van der Waals surface area contributed by atoms with Crippen molar-refractivity contribution in [1.82, 2.24) is 4.90 Å². The monoisotopic (exact) mass is 252 g/mol. The van der Waals surface area contributed by atoms with Crippen LogP contribution in [0.15, 0.2) is 17.5 Å². The average Bonchev–Trinajstić information content (AvgIpc) is 2.84. The van der Waals surface area contributed by atoms with E-state index < -0.39 is 0 Å². The molecular formula is C14H24N2S. The molecule has 2 N–H and O–H groups in total. The Morgan fingerprint density at radius 1 is 1.59 bits per heavy atom. The summed E-state index contributed by atoms with van der Waals surface area (Å²) in [6.07, 6.45) is 3.80. The van der Waals surface area contributed by atoms with Crippen LogP contribution in [0, 0.1) is 5.92 Å². The third-order valence-corrected chi connectivity index (χ3v) is 4.91. The summed E-state index contributed by atoms with van der Waals surface area (Å²) in [4.78, 5) is 4.15. The molecular weight excluding hydrogens is 228 g/mol. The Bertz CT molecular complexity index is 321. The van der Waals surface area contributed by atoms with Crippen LogP contribution in [0.1, 0.15) is 44.0 Å². The molecule has 3 heteroatoms. The normalized spacial score (nSPS) is 25.7. The van der Waals surface area contributed by atoms with Gasteiger partial charge >= 0.3 is 0 Å². The fraction of sp³-hybridized carbons (Fsp3) is 0.714. The van der Waals surface area contributed by atoms with Crippen LogP contribution in [0.2, 0.25) is 0 Å². The van der Waals surface area contributed by atoms with Crippen molar-refractivity contribution in [2.45, 2.75) is 45.2 Å². The molecule has 0 spiro atoms. The van der Waals surface area contributed by atoms with E-state index in [1.54, 1.807) is 0 Å². The van der Waals surface area contributed by atoms with Gasteiger partial charge in [0.1, 0.15) is 0 Å². The van der Waals surface area contributed by atoms with Crippen LogP contribution in [-0.2, 0) is 0 Å². The van der Waals surface area contributed by atoms with Crippen molar-refractivity contribution in [3.8, 4) is 0 Å². The Morgan fingerprint density at radius 3 is 3.00 bits per heavy atom. The van der Waals surface area contributed by atoms with Crippen molar-refractivity contribution in [3.05, 3.63) is 22.4 Å². The molecule has 0 radical (unpaired) electrons. The minimum absolute atomic E-state index is 0.332. The highest BCUT2D eigenvalue weighted by Crippen LogP contribution is 2.32. The van der Waals surface area contributed by atoms with Gasteiger partial charge in [-0.3, -0.25) is 4.90 Å². The number of likely N-dealkylation sites (tertiary alicyclic amines) is 1. The first-order chi connectivity index (χ1) is 8.22. The lowest BCUT2D eigenvalue weighted by atomic mass is 9.91. The van der Waals surface area contributed by atoms with Gasteiger partial charge in [-0.05, 0) is 50.1 Å². The smallest absolute Gasteiger partial charge is 0.0439 e. The summed E-state index contributed by atoms with van der Waals surface area (Å²) in [5, 5.41) is 2.19. The third-order valence-electron chi connectivity index (χ3n) is 3.93. The molecule has 0 bridgehead atoms. The lowest BCUT2D eigenvalue weighted by molar-refractivity contribution is 0.112. The predicted octanol–water partition coefficient (Wildman–Crippen LogP) is 3.26. The highest BCUT2D eigenvalue weighted by Gasteiger charge is 2.27. The summed E-state index contributed by atoms with van der Waals surface area (Å²) in [6, 6.07) is 5.37. The number of piperidine rings is 1. The SMILES string of the molecule is CCC(c1cccs1)N1CCCC(C(C)N)C1. The molecule has 96 valence electrons. The maximum Gasteiger partial charge on any atom is 0.0439 e. The van der Waals surface area contributed by atoms with E-state index in [0.717, 1.165) is 0 Å². The van der Waals surface area contributed by atoms with Gasteiger partial charge in [-0.25, -0.2) is 0 Å². The maximum atomic E-state index is 6.07.